The van der Waals surface area contributed by atoms with Crippen LogP contribution in [0.25, 0.3) is 0 Å². The lowest BCUT2D eigenvalue weighted by molar-refractivity contribution is 0.0953. The molecule has 0 fully saturated rings. The van der Waals surface area contributed by atoms with Crippen LogP contribution in [0, 0.1) is 0 Å². The van der Waals surface area contributed by atoms with E-state index < -0.39 is 0 Å². The van der Waals surface area contributed by atoms with E-state index >= 15 is 0 Å². The molecular formula is C20H29IN4OS. The number of aliphatic imine (C=N–C) groups is 1. The predicted octanol–water partition coefficient (Wildman–Crippen LogP) is 3.80. The van der Waals surface area contributed by atoms with Crippen LogP contribution < -0.4 is 16.0 Å². The number of halogens is 1. The fourth-order valence-electron chi connectivity index (χ4n) is 2.42. The van der Waals surface area contributed by atoms with E-state index in [4.69, 9.17) is 0 Å². The third-order valence-corrected chi connectivity index (χ3v) is 4.90. The molecule has 7 heteroatoms. The lowest BCUT2D eigenvalue weighted by Gasteiger charge is -2.12. The minimum atomic E-state index is -0.0102. The molecule has 0 aliphatic rings. The summed E-state index contributed by atoms with van der Waals surface area (Å²) in [6.07, 6.45) is 3.07. The van der Waals surface area contributed by atoms with Gasteiger partial charge < -0.3 is 16.0 Å². The van der Waals surface area contributed by atoms with Gasteiger partial charge in [0.1, 0.15) is 0 Å². The van der Waals surface area contributed by atoms with E-state index in [0.717, 1.165) is 43.9 Å². The summed E-state index contributed by atoms with van der Waals surface area (Å²) < 4.78 is 0. The number of rotatable bonds is 9. The maximum Gasteiger partial charge on any atom is 0.251 e. The first-order valence-electron chi connectivity index (χ1n) is 9.07. The zero-order chi connectivity index (χ0) is 18.6. The molecular weight excluding hydrogens is 471 g/mol. The summed E-state index contributed by atoms with van der Waals surface area (Å²) in [5, 5.41) is 11.6. The molecule has 2 aromatic rings. The summed E-state index contributed by atoms with van der Waals surface area (Å²) in [5.74, 6) is 0.770. The number of guanidine groups is 1. The van der Waals surface area contributed by atoms with Crippen LogP contribution in [0.1, 0.15) is 40.6 Å². The van der Waals surface area contributed by atoms with Crippen LogP contribution >= 0.6 is 35.3 Å². The summed E-state index contributed by atoms with van der Waals surface area (Å²) >= 11 is 1.77. The van der Waals surface area contributed by atoms with E-state index in [1.54, 1.807) is 18.4 Å². The number of thiophene rings is 1. The van der Waals surface area contributed by atoms with E-state index in [2.05, 4.69) is 45.4 Å². The van der Waals surface area contributed by atoms with Crippen molar-refractivity contribution in [2.75, 3.05) is 20.1 Å². The van der Waals surface area contributed by atoms with E-state index in [9.17, 15) is 4.79 Å². The standard InChI is InChI=1S/C20H28N4OS.HI/c1-3-4-12-22-19(25)17-9-7-16(8-10-17)15-24-20(21-2)23-13-11-18-6-5-14-26-18;/h5-10,14H,3-4,11-13,15H2,1-2H3,(H,22,25)(H2,21,23,24);1H. The Labute approximate surface area is 183 Å². The summed E-state index contributed by atoms with van der Waals surface area (Å²) in [7, 11) is 1.77. The van der Waals surface area contributed by atoms with Gasteiger partial charge >= 0.3 is 0 Å². The average Bonchev–Trinajstić information content (AvgIpc) is 3.18. The Morgan fingerprint density at radius 2 is 1.85 bits per heavy atom. The highest BCUT2D eigenvalue weighted by molar-refractivity contribution is 14.0. The molecule has 0 bridgehead atoms. The van der Waals surface area contributed by atoms with Crippen molar-refractivity contribution in [3.8, 4) is 0 Å². The normalized spacial score (nSPS) is 10.8. The summed E-state index contributed by atoms with van der Waals surface area (Å²) in [6, 6.07) is 11.9. The average molecular weight is 500 g/mol. The van der Waals surface area contributed by atoms with Crippen molar-refractivity contribution < 1.29 is 4.79 Å². The number of unbranched alkanes of at least 4 members (excludes halogenated alkanes) is 1. The van der Waals surface area contributed by atoms with Crippen molar-refractivity contribution in [1.82, 2.24) is 16.0 Å². The van der Waals surface area contributed by atoms with Gasteiger partial charge in [0.25, 0.3) is 5.91 Å². The molecule has 0 aliphatic heterocycles. The lowest BCUT2D eigenvalue weighted by Crippen LogP contribution is -2.37. The molecule has 0 aliphatic carbocycles. The SMILES string of the molecule is CCCCNC(=O)c1ccc(CNC(=NC)NCCc2cccs2)cc1.I. The maximum atomic E-state index is 12.0. The Kier molecular flexibility index (Phi) is 11.8. The van der Waals surface area contributed by atoms with Gasteiger partial charge in [0, 0.05) is 37.1 Å². The number of carbonyl (C=O) groups is 1. The molecule has 3 N–H and O–H groups in total. The van der Waals surface area contributed by atoms with Crippen molar-refractivity contribution in [1.29, 1.82) is 0 Å². The molecule has 1 aromatic heterocycles. The highest BCUT2D eigenvalue weighted by Gasteiger charge is 2.05. The second-order valence-electron chi connectivity index (χ2n) is 5.99. The molecule has 1 aromatic carbocycles. The second-order valence-corrected chi connectivity index (χ2v) is 7.02. The monoisotopic (exact) mass is 500 g/mol. The maximum absolute atomic E-state index is 12.0. The number of nitrogens with zero attached hydrogens (tertiary/aromatic N) is 1. The van der Waals surface area contributed by atoms with Gasteiger partial charge in [-0.2, -0.15) is 0 Å². The van der Waals surface area contributed by atoms with Gasteiger partial charge in [0.2, 0.25) is 0 Å². The fraction of sp³-hybridized carbons (Fsp3) is 0.400. The molecule has 2 rings (SSSR count). The zero-order valence-corrected chi connectivity index (χ0v) is 19.1. The molecule has 0 unspecified atom stereocenters. The summed E-state index contributed by atoms with van der Waals surface area (Å²) in [5.41, 5.74) is 1.81. The Morgan fingerprint density at radius 3 is 2.48 bits per heavy atom. The molecule has 0 radical (unpaired) electrons. The smallest absolute Gasteiger partial charge is 0.251 e. The quantitative estimate of drug-likeness (QED) is 0.213. The Morgan fingerprint density at radius 1 is 1.07 bits per heavy atom. The van der Waals surface area contributed by atoms with Crippen LogP contribution in [0.3, 0.4) is 0 Å². The lowest BCUT2D eigenvalue weighted by atomic mass is 10.1. The number of carbonyl (C=O) groups excluding carboxylic acids is 1. The summed E-state index contributed by atoms with van der Waals surface area (Å²) in [6.45, 7) is 4.35. The van der Waals surface area contributed by atoms with E-state index in [1.165, 1.54) is 4.88 Å². The van der Waals surface area contributed by atoms with Crippen LogP contribution in [0.2, 0.25) is 0 Å². The Bertz CT molecular complexity index is 687. The van der Waals surface area contributed by atoms with Crippen LogP contribution in [0.5, 0.6) is 0 Å². The molecule has 0 atom stereocenters. The van der Waals surface area contributed by atoms with E-state index in [0.29, 0.717) is 12.1 Å². The highest BCUT2D eigenvalue weighted by atomic mass is 127. The summed E-state index contributed by atoms with van der Waals surface area (Å²) in [4.78, 5) is 17.6. The predicted molar refractivity (Wildman–Crippen MR) is 125 cm³/mol. The van der Waals surface area contributed by atoms with Crippen molar-refractivity contribution in [3.63, 3.8) is 0 Å². The molecule has 1 heterocycles. The molecule has 0 saturated heterocycles. The van der Waals surface area contributed by atoms with Gasteiger partial charge in [-0.3, -0.25) is 9.79 Å². The molecule has 5 nitrogen and oxygen atoms in total. The van der Waals surface area contributed by atoms with Gasteiger partial charge in [0.05, 0.1) is 0 Å². The minimum absolute atomic E-state index is 0. The van der Waals surface area contributed by atoms with E-state index in [1.807, 2.05) is 24.3 Å². The second kappa shape index (κ2) is 13.5. The van der Waals surface area contributed by atoms with Gasteiger partial charge in [0.15, 0.2) is 5.96 Å². The molecule has 0 spiro atoms. The zero-order valence-electron chi connectivity index (χ0n) is 16.0. The topological polar surface area (TPSA) is 65.5 Å². The van der Waals surface area contributed by atoms with Gasteiger partial charge in [-0.05, 0) is 42.0 Å². The fourth-order valence-corrected chi connectivity index (χ4v) is 3.13. The highest BCUT2D eigenvalue weighted by Crippen LogP contribution is 2.08. The van der Waals surface area contributed by atoms with Gasteiger partial charge in [-0.15, -0.1) is 35.3 Å². The largest absolute Gasteiger partial charge is 0.356 e. The minimum Gasteiger partial charge on any atom is -0.356 e. The van der Waals surface area contributed by atoms with Crippen LogP contribution in [0.4, 0.5) is 0 Å². The first kappa shape index (κ1) is 23.4. The van der Waals surface area contributed by atoms with Gasteiger partial charge in [-0.1, -0.05) is 31.5 Å². The number of hydrogen-bond donors (Lipinski definition) is 3. The van der Waals surface area contributed by atoms with Crippen molar-refractivity contribution in [2.45, 2.75) is 32.7 Å². The number of hydrogen-bond acceptors (Lipinski definition) is 3. The van der Waals surface area contributed by atoms with Crippen molar-refractivity contribution in [3.05, 3.63) is 57.8 Å². The third-order valence-electron chi connectivity index (χ3n) is 3.96. The van der Waals surface area contributed by atoms with E-state index in [-0.39, 0.29) is 29.9 Å². The van der Waals surface area contributed by atoms with Crippen LogP contribution in [0.15, 0.2) is 46.8 Å². The molecule has 1 amide bonds. The first-order valence-corrected chi connectivity index (χ1v) is 9.95. The Hall–Kier alpha value is -1.61. The third kappa shape index (κ3) is 8.75. The first-order chi connectivity index (χ1) is 12.7. The number of amides is 1. The molecule has 27 heavy (non-hydrogen) atoms. The number of benzene rings is 1. The number of nitrogens with one attached hydrogen (secondary N) is 3. The molecule has 148 valence electrons. The van der Waals surface area contributed by atoms with Crippen LogP contribution in [-0.4, -0.2) is 32.0 Å². The van der Waals surface area contributed by atoms with Gasteiger partial charge in [-0.25, -0.2) is 0 Å². The van der Waals surface area contributed by atoms with Crippen molar-refractivity contribution in [2.24, 2.45) is 4.99 Å². The Balaban J connectivity index is 0.00000364. The van der Waals surface area contributed by atoms with Crippen molar-refractivity contribution >= 4 is 47.2 Å². The molecule has 0 saturated carbocycles. The van der Waals surface area contributed by atoms with Crippen LogP contribution in [-0.2, 0) is 13.0 Å².